The van der Waals surface area contributed by atoms with Crippen molar-refractivity contribution in [2.75, 3.05) is 18.9 Å². The van der Waals surface area contributed by atoms with Crippen LogP contribution in [0.15, 0.2) is 18.2 Å². The van der Waals surface area contributed by atoms with Crippen LogP contribution in [0.2, 0.25) is 0 Å². The summed E-state index contributed by atoms with van der Waals surface area (Å²) in [6.45, 7) is 4.86. The van der Waals surface area contributed by atoms with Gasteiger partial charge in [-0.05, 0) is 31.0 Å². The molecule has 0 aromatic heterocycles. The quantitative estimate of drug-likeness (QED) is 0.749. The van der Waals surface area contributed by atoms with E-state index in [1.165, 1.54) is 0 Å². The van der Waals surface area contributed by atoms with Crippen LogP contribution in [-0.2, 0) is 0 Å². The minimum Gasteiger partial charge on any atom is -0.387 e. The predicted molar refractivity (Wildman–Crippen MR) is 68.0 cm³/mol. The summed E-state index contributed by atoms with van der Waals surface area (Å²) >= 11 is 0. The maximum Gasteiger partial charge on any atom is 0.253 e. The summed E-state index contributed by atoms with van der Waals surface area (Å²) in [5, 5.41) is 5.96. The van der Waals surface area contributed by atoms with E-state index >= 15 is 0 Å². The summed E-state index contributed by atoms with van der Waals surface area (Å²) in [4.78, 5) is 11.9. The van der Waals surface area contributed by atoms with E-state index in [1.54, 1.807) is 0 Å². The van der Waals surface area contributed by atoms with Crippen LogP contribution in [0.5, 0.6) is 0 Å². The lowest BCUT2D eigenvalue weighted by molar-refractivity contribution is 0.0954. The van der Waals surface area contributed by atoms with Crippen molar-refractivity contribution in [3.05, 3.63) is 29.3 Å². The molecule has 2 N–H and O–H groups in total. The van der Waals surface area contributed by atoms with Crippen molar-refractivity contribution in [2.45, 2.75) is 26.7 Å². The first-order valence-corrected chi connectivity index (χ1v) is 5.75. The van der Waals surface area contributed by atoms with Crippen LogP contribution in [0, 0.1) is 6.92 Å². The Morgan fingerprint density at radius 1 is 1.38 bits per heavy atom. The number of rotatable bonds is 5. The standard InChI is InChI=1S/C13H20N2O/c1-4-5-8-15-13(16)11-7-6-10(2)9-12(11)14-3/h6-7,9,14H,4-5,8H2,1-3H3,(H,15,16). The van der Waals surface area contributed by atoms with E-state index in [0.29, 0.717) is 5.56 Å². The number of carbonyl (C=O) groups excluding carboxylic acids is 1. The molecular weight excluding hydrogens is 200 g/mol. The summed E-state index contributed by atoms with van der Waals surface area (Å²) in [5.74, 6) is -0.00204. The lowest BCUT2D eigenvalue weighted by atomic mass is 10.1. The zero-order valence-electron chi connectivity index (χ0n) is 10.3. The number of nitrogens with one attached hydrogen (secondary N) is 2. The van der Waals surface area contributed by atoms with Gasteiger partial charge in [0.1, 0.15) is 0 Å². The molecule has 1 aromatic carbocycles. The molecule has 0 atom stereocenters. The number of unbranched alkanes of at least 4 members (excludes halogenated alkanes) is 1. The summed E-state index contributed by atoms with van der Waals surface area (Å²) in [5.41, 5.74) is 2.74. The first kappa shape index (κ1) is 12.6. The molecule has 1 rings (SSSR count). The van der Waals surface area contributed by atoms with E-state index in [4.69, 9.17) is 0 Å². The van der Waals surface area contributed by atoms with Crippen molar-refractivity contribution in [3.63, 3.8) is 0 Å². The molecule has 0 spiro atoms. The van der Waals surface area contributed by atoms with Gasteiger partial charge in [-0.15, -0.1) is 0 Å². The van der Waals surface area contributed by atoms with E-state index < -0.39 is 0 Å². The molecule has 0 bridgehead atoms. The fourth-order valence-corrected chi connectivity index (χ4v) is 1.54. The first-order valence-electron chi connectivity index (χ1n) is 5.75. The maximum absolute atomic E-state index is 11.9. The summed E-state index contributed by atoms with van der Waals surface area (Å²) in [6, 6.07) is 5.80. The second-order valence-corrected chi connectivity index (χ2v) is 3.91. The fourth-order valence-electron chi connectivity index (χ4n) is 1.54. The first-order chi connectivity index (χ1) is 7.69. The Kier molecular flexibility index (Phi) is 4.83. The van der Waals surface area contributed by atoms with Crippen LogP contribution in [-0.4, -0.2) is 19.5 Å². The van der Waals surface area contributed by atoms with Crippen LogP contribution >= 0.6 is 0 Å². The highest BCUT2D eigenvalue weighted by Crippen LogP contribution is 2.16. The average molecular weight is 220 g/mol. The van der Waals surface area contributed by atoms with Crippen LogP contribution in [0.25, 0.3) is 0 Å². The minimum atomic E-state index is -0.00204. The van der Waals surface area contributed by atoms with Gasteiger partial charge in [-0.25, -0.2) is 0 Å². The third-order valence-electron chi connectivity index (χ3n) is 2.50. The SMILES string of the molecule is CCCCNC(=O)c1ccc(C)cc1NC. The molecule has 0 radical (unpaired) electrons. The summed E-state index contributed by atoms with van der Waals surface area (Å²) in [7, 11) is 1.83. The van der Waals surface area contributed by atoms with Gasteiger partial charge in [0.05, 0.1) is 5.56 Å². The number of aryl methyl sites for hydroxylation is 1. The van der Waals surface area contributed by atoms with Crippen LogP contribution in [0.4, 0.5) is 5.69 Å². The Hall–Kier alpha value is -1.51. The van der Waals surface area contributed by atoms with Gasteiger partial charge >= 0.3 is 0 Å². The number of anilines is 1. The smallest absolute Gasteiger partial charge is 0.253 e. The molecule has 0 fully saturated rings. The summed E-state index contributed by atoms with van der Waals surface area (Å²) < 4.78 is 0. The van der Waals surface area contributed by atoms with Crippen molar-refractivity contribution in [1.29, 1.82) is 0 Å². The minimum absolute atomic E-state index is 0.00204. The van der Waals surface area contributed by atoms with Crippen LogP contribution in [0.3, 0.4) is 0 Å². The molecular formula is C13H20N2O. The molecule has 0 aliphatic heterocycles. The highest BCUT2D eigenvalue weighted by atomic mass is 16.1. The molecule has 88 valence electrons. The van der Waals surface area contributed by atoms with Gasteiger partial charge in [-0.2, -0.15) is 0 Å². The van der Waals surface area contributed by atoms with Gasteiger partial charge in [0.15, 0.2) is 0 Å². The number of hydrogen-bond acceptors (Lipinski definition) is 2. The number of hydrogen-bond donors (Lipinski definition) is 2. The number of carbonyl (C=O) groups is 1. The molecule has 16 heavy (non-hydrogen) atoms. The van der Waals surface area contributed by atoms with Crippen LogP contribution in [0.1, 0.15) is 35.7 Å². The molecule has 1 aromatic rings. The molecule has 1 amide bonds. The van der Waals surface area contributed by atoms with E-state index in [1.807, 2.05) is 32.2 Å². The fraction of sp³-hybridized carbons (Fsp3) is 0.462. The third kappa shape index (κ3) is 3.26. The van der Waals surface area contributed by atoms with Gasteiger partial charge in [-0.3, -0.25) is 4.79 Å². The van der Waals surface area contributed by atoms with Crippen molar-refractivity contribution in [1.82, 2.24) is 5.32 Å². The van der Waals surface area contributed by atoms with Gasteiger partial charge in [0.25, 0.3) is 5.91 Å². The van der Waals surface area contributed by atoms with Gasteiger partial charge in [-0.1, -0.05) is 19.4 Å². The topological polar surface area (TPSA) is 41.1 Å². The molecule has 3 heteroatoms. The Morgan fingerprint density at radius 3 is 2.75 bits per heavy atom. The van der Waals surface area contributed by atoms with Crippen molar-refractivity contribution >= 4 is 11.6 Å². The largest absolute Gasteiger partial charge is 0.387 e. The normalized spacial score (nSPS) is 9.94. The van der Waals surface area contributed by atoms with Gasteiger partial charge in [0, 0.05) is 19.3 Å². The maximum atomic E-state index is 11.9. The zero-order valence-corrected chi connectivity index (χ0v) is 10.3. The lowest BCUT2D eigenvalue weighted by Gasteiger charge is -2.10. The van der Waals surface area contributed by atoms with Crippen molar-refractivity contribution in [2.24, 2.45) is 0 Å². The Bertz CT molecular complexity index is 361. The highest BCUT2D eigenvalue weighted by Gasteiger charge is 2.09. The Labute approximate surface area is 97.2 Å². The zero-order chi connectivity index (χ0) is 12.0. The average Bonchev–Trinajstić information content (AvgIpc) is 2.29. The second-order valence-electron chi connectivity index (χ2n) is 3.91. The Balaban J connectivity index is 2.74. The third-order valence-corrected chi connectivity index (χ3v) is 2.50. The molecule has 0 saturated carbocycles. The second kappa shape index (κ2) is 6.16. The van der Waals surface area contributed by atoms with Crippen LogP contribution < -0.4 is 10.6 Å². The van der Waals surface area contributed by atoms with Gasteiger partial charge in [0.2, 0.25) is 0 Å². The summed E-state index contributed by atoms with van der Waals surface area (Å²) in [6.07, 6.45) is 2.11. The van der Waals surface area contributed by atoms with E-state index in [9.17, 15) is 4.79 Å². The number of amides is 1. The Morgan fingerprint density at radius 2 is 2.12 bits per heavy atom. The van der Waals surface area contributed by atoms with Crippen molar-refractivity contribution in [3.8, 4) is 0 Å². The predicted octanol–water partition coefficient (Wildman–Crippen LogP) is 2.57. The van der Waals surface area contributed by atoms with E-state index in [0.717, 1.165) is 30.6 Å². The van der Waals surface area contributed by atoms with E-state index in [-0.39, 0.29) is 5.91 Å². The molecule has 0 heterocycles. The number of benzene rings is 1. The molecule has 0 unspecified atom stereocenters. The lowest BCUT2D eigenvalue weighted by Crippen LogP contribution is -2.25. The molecule has 0 aliphatic rings. The monoisotopic (exact) mass is 220 g/mol. The van der Waals surface area contributed by atoms with E-state index in [2.05, 4.69) is 17.6 Å². The molecule has 0 saturated heterocycles. The van der Waals surface area contributed by atoms with Gasteiger partial charge < -0.3 is 10.6 Å². The highest BCUT2D eigenvalue weighted by molar-refractivity contribution is 5.99. The molecule has 0 aliphatic carbocycles. The molecule has 3 nitrogen and oxygen atoms in total. The van der Waals surface area contributed by atoms with Crippen molar-refractivity contribution < 1.29 is 4.79 Å².